The molecule has 0 spiro atoms. The molecule has 1 amide bonds. The Morgan fingerprint density at radius 3 is 2.86 bits per heavy atom. The van der Waals surface area contributed by atoms with Crippen LogP contribution in [-0.4, -0.2) is 48.9 Å². The molecule has 1 saturated heterocycles. The lowest BCUT2D eigenvalue weighted by Gasteiger charge is -2.34. The normalized spacial score (nSPS) is 17.5. The Morgan fingerprint density at radius 2 is 2.11 bits per heavy atom. The van der Waals surface area contributed by atoms with Crippen molar-refractivity contribution in [1.82, 2.24) is 9.80 Å². The van der Waals surface area contributed by atoms with E-state index in [1.165, 1.54) is 18.2 Å². The van der Waals surface area contributed by atoms with Crippen molar-refractivity contribution in [3.63, 3.8) is 0 Å². The Balaban J connectivity index is 1.54. The molecule has 150 valence electrons. The number of likely N-dealkylation sites (tertiary alicyclic amines) is 1. The Morgan fingerprint density at radius 1 is 1.32 bits per heavy atom. The summed E-state index contributed by atoms with van der Waals surface area (Å²) in [5.41, 5.74) is 0.517. The Labute approximate surface area is 164 Å². The highest BCUT2D eigenvalue weighted by Gasteiger charge is 2.24. The van der Waals surface area contributed by atoms with E-state index in [4.69, 9.17) is 4.42 Å². The molecule has 0 aliphatic carbocycles. The lowest BCUT2D eigenvalue weighted by molar-refractivity contribution is 0.0695. The van der Waals surface area contributed by atoms with Crippen molar-refractivity contribution in [2.75, 3.05) is 33.2 Å². The van der Waals surface area contributed by atoms with Gasteiger partial charge in [-0.3, -0.25) is 9.59 Å². The van der Waals surface area contributed by atoms with Gasteiger partial charge in [-0.2, -0.15) is 0 Å². The van der Waals surface area contributed by atoms with Gasteiger partial charge in [0.25, 0.3) is 5.91 Å². The van der Waals surface area contributed by atoms with E-state index in [0.29, 0.717) is 24.6 Å². The molecule has 28 heavy (non-hydrogen) atoms. The molecular weight excluding hydrogens is 359 g/mol. The average molecular weight is 386 g/mol. The average Bonchev–Trinajstić information content (AvgIpc) is 2.66. The fourth-order valence-electron chi connectivity index (χ4n) is 3.85. The van der Waals surface area contributed by atoms with Crippen LogP contribution in [0.3, 0.4) is 0 Å². The first kappa shape index (κ1) is 20.3. The van der Waals surface area contributed by atoms with Crippen molar-refractivity contribution >= 4 is 5.91 Å². The highest BCUT2D eigenvalue weighted by Crippen LogP contribution is 2.19. The minimum atomic E-state index is -0.274. The molecule has 2 heterocycles. The van der Waals surface area contributed by atoms with Crippen molar-refractivity contribution < 1.29 is 13.6 Å². The topological polar surface area (TPSA) is 53.8 Å². The van der Waals surface area contributed by atoms with E-state index in [0.717, 1.165) is 38.0 Å². The van der Waals surface area contributed by atoms with Crippen LogP contribution in [0.15, 0.2) is 45.6 Å². The van der Waals surface area contributed by atoms with Crippen LogP contribution in [-0.2, 0) is 6.42 Å². The van der Waals surface area contributed by atoms with Gasteiger partial charge in [-0.25, -0.2) is 4.39 Å². The van der Waals surface area contributed by atoms with Gasteiger partial charge in [0.1, 0.15) is 11.6 Å². The molecule has 1 aliphatic heterocycles. The van der Waals surface area contributed by atoms with E-state index >= 15 is 0 Å². The molecule has 1 atom stereocenters. The Hall–Kier alpha value is -2.47. The van der Waals surface area contributed by atoms with Gasteiger partial charge < -0.3 is 14.2 Å². The van der Waals surface area contributed by atoms with Crippen LogP contribution in [0.2, 0.25) is 0 Å². The number of carbonyl (C=O) groups excluding carboxylic acids is 1. The second-order valence-electron chi connectivity index (χ2n) is 7.60. The zero-order valence-electron chi connectivity index (χ0n) is 16.5. The van der Waals surface area contributed by atoms with Crippen molar-refractivity contribution in [3.8, 4) is 0 Å². The van der Waals surface area contributed by atoms with Gasteiger partial charge in [-0.1, -0.05) is 18.2 Å². The number of carbonyl (C=O) groups is 1. The molecule has 0 radical (unpaired) electrons. The van der Waals surface area contributed by atoms with Crippen LogP contribution in [0.5, 0.6) is 0 Å². The molecule has 6 heteroatoms. The number of benzene rings is 1. The van der Waals surface area contributed by atoms with Crippen LogP contribution in [0, 0.1) is 18.7 Å². The third-order valence-corrected chi connectivity index (χ3v) is 5.24. The predicted octanol–water partition coefficient (Wildman–Crippen LogP) is 3.11. The molecular formula is C22H27FN2O3. The molecule has 0 saturated carbocycles. The molecule has 2 aromatic rings. The molecule has 1 aliphatic rings. The zero-order chi connectivity index (χ0) is 20.1. The van der Waals surface area contributed by atoms with Gasteiger partial charge in [0.05, 0.1) is 0 Å². The number of nitrogens with zero attached hydrogens (tertiary/aromatic N) is 2. The molecule has 3 rings (SSSR count). The predicted molar refractivity (Wildman–Crippen MR) is 106 cm³/mol. The summed E-state index contributed by atoms with van der Waals surface area (Å²) in [6.07, 6.45) is 2.79. The standard InChI is InChI=1S/C22H27FN2O3/c1-16-12-19(26)13-21(28-16)22(27)24(2)14-17-6-5-10-25(15-17)11-9-18-7-3-4-8-20(18)23/h3-4,7-8,12-13,17H,5-6,9-11,14-15H2,1-2H3/t17-/m0/s1. The summed E-state index contributed by atoms with van der Waals surface area (Å²) in [6.45, 7) is 4.94. The summed E-state index contributed by atoms with van der Waals surface area (Å²) >= 11 is 0. The van der Waals surface area contributed by atoms with E-state index in [-0.39, 0.29) is 22.9 Å². The second-order valence-corrected chi connectivity index (χ2v) is 7.60. The largest absolute Gasteiger partial charge is 0.456 e. The minimum Gasteiger partial charge on any atom is -0.456 e. The third-order valence-electron chi connectivity index (χ3n) is 5.24. The fourth-order valence-corrected chi connectivity index (χ4v) is 3.85. The van der Waals surface area contributed by atoms with E-state index < -0.39 is 0 Å². The summed E-state index contributed by atoms with van der Waals surface area (Å²) in [5.74, 6) is 0.436. The fraction of sp³-hybridized carbons (Fsp3) is 0.455. The van der Waals surface area contributed by atoms with Gasteiger partial charge >= 0.3 is 0 Å². The number of halogens is 1. The SMILES string of the molecule is Cc1cc(=O)cc(C(=O)N(C)C[C@@H]2CCCN(CCc3ccccc3F)C2)o1. The highest BCUT2D eigenvalue weighted by atomic mass is 19.1. The molecule has 1 fully saturated rings. The quantitative estimate of drug-likeness (QED) is 0.766. The number of hydrogen-bond acceptors (Lipinski definition) is 4. The third kappa shape index (κ3) is 5.29. The molecule has 0 unspecified atom stereocenters. The van der Waals surface area contributed by atoms with Crippen molar-refractivity contribution in [2.45, 2.75) is 26.2 Å². The van der Waals surface area contributed by atoms with Crippen molar-refractivity contribution in [2.24, 2.45) is 5.92 Å². The first-order valence-electron chi connectivity index (χ1n) is 9.75. The number of amides is 1. The number of piperidine rings is 1. The summed E-state index contributed by atoms with van der Waals surface area (Å²) in [4.78, 5) is 28.2. The smallest absolute Gasteiger partial charge is 0.289 e. The lowest BCUT2D eigenvalue weighted by atomic mass is 9.97. The summed E-state index contributed by atoms with van der Waals surface area (Å²) in [6, 6.07) is 9.51. The minimum absolute atomic E-state index is 0.0831. The zero-order valence-corrected chi connectivity index (χ0v) is 16.5. The summed E-state index contributed by atoms with van der Waals surface area (Å²) in [5, 5.41) is 0. The maximum Gasteiger partial charge on any atom is 0.289 e. The van der Waals surface area contributed by atoms with E-state index in [1.54, 1.807) is 24.9 Å². The Kier molecular flexibility index (Phi) is 6.62. The highest BCUT2D eigenvalue weighted by molar-refractivity contribution is 5.91. The van der Waals surface area contributed by atoms with E-state index in [2.05, 4.69) is 4.90 Å². The lowest BCUT2D eigenvalue weighted by Crippen LogP contribution is -2.42. The summed E-state index contributed by atoms with van der Waals surface area (Å²) in [7, 11) is 1.74. The molecule has 0 N–H and O–H groups in total. The number of aryl methyl sites for hydroxylation is 1. The van der Waals surface area contributed by atoms with Crippen LogP contribution >= 0.6 is 0 Å². The van der Waals surface area contributed by atoms with Gasteiger partial charge in [-0.15, -0.1) is 0 Å². The van der Waals surface area contributed by atoms with Crippen molar-refractivity contribution in [3.05, 3.63) is 69.5 Å². The van der Waals surface area contributed by atoms with Crippen LogP contribution in [0.1, 0.15) is 34.7 Å². The molecule has 1 aromatic heterocycles. The van der Waals surface area contributed by atoms with Crippen molar-refractivity contribution in [1.29, 1.82) is 0 Å². The maximum absolute atomic E-state index is 13.8. The van der Waals surface area contributed by atoms with Gasteiger partial charge in [-0.05, 0) is 50.3 Å². The first-order chi connectivity index (χ1) is 13.4. The summed E-state index contributed by atoms with van der Waals surface area (Å²) < 4.78 is 19.2. The second kappa shape index (κ2) is 9.15. The van der Waals surface area contributed by atoms with Crippen LogP contribution in [0.25, 0.3) is 0 Å². The van der Waals surface area contributed by atoms with Gasteiger partial charge in [0.2, 0.25) is 0 Å². The van der Waals surface area contributed by atoms with Gasteiger partial charge in [0.15, 0.2) is 11.2 Å². The first-order valence-corrected chi connectivity index (χ1v) is 9.75. The van der Waals surface area contributed by atoms with Crippen LogP contribution < -0.4 is 5.43 Å². The van der Waals surface area contributed by atoms with E-state index in [9.17, 15) is 14.0 Å². The number of hydrogen-bond donors (Lipinski definition) is 0. The maximum atomic E-state index is 13.8. The molecule has 5 nitrogen and oxygen atoms in total. The van der Waals surface area contributed by atoms with Gasteiger partial charge in [0, 0.05) is 38.8 Å². The van der Waals surface area contributed by atoms with E-state index in [1.807, 2.05) is 12.1 Å². The monoisotopic (exact) mass is 386 g/mol. The van der Waals surface area contributed by atoms with Crippen LogP contribution in [0.4, 0.5) is 4.39 Å². The molecule has 1 aromatic carbocycles. The molecule has 0 bridgehead atoms. The Bertz CT molecular complexity index is 880. The number of rotatable bonds is 6.